The molecule has 0 bridgehead atoms. The van der Waals surface area contributed by atoms with Gasteiger partial charge in [0.25, 0.3) is 11.6 Å². The third-order valence-corrected chi connectivity index (χ3v) is 7.56. The smallest absolute Gasteiger partial charge is 0.270 e. The SMILES string of the molecule is O=C(Nc1cccc(CS(=O)(=O)C2CCCCC2)c1)c1ccc([N+](=O)[O-])cc1Cl. The number of halogens is 1. The van der Waals surface area contributed by atoms with E-state index < -0.39 is 20.7 Å². The summed E-state index contributed by atoms with van der Waals surface area (Å²) in [7, 11) is -3.25. The predicted molar refractivity (Wildman–Crippen MR) is 112 cm³/mol. The molecule has 3 rings (SSSR count). The average molecular weight is 437 g/mol. The van der Waals surface area contributed by atoms with Crippen LogP contribution in [0.2, 0.25) is 5.02 Å². The van der Waals surface area contributed by atoms with Gasteiger partial charge in [0.2, 0.25) is 0 Å². The summed E-state index contributed by atoms with van der Waals surface area (Å²) in [6, 6.07) is 10.3. The number of nitro groups is 1. The number of amides is 1. The Kier molecular flexibility index (Phi) is 6.54. The monoisotopic (exact) mass is 436 g/mol. The minimum absolute atomic E-state index is 0.0345. The molecule has 1 amide bonds. The molecule has 1 saturated carbocycles. The Morgan fingerprint density at radius 2 is 1.86 bits per heavy atom. The minimum atomic E-state index is -3.25. The number of carbonyl (C=O) groups is 1. The van der Waals surface area contributed by atoms with Crippen LogP contribution in [-0.4, -0.2) is 24.5 Å². The van der Waals surface area contributed by atoms with E-state index in [1.54, 1.807) is 24.3 Å². The van der Waals surface area contributed by atoms with Crippen LogP contribution in [0.25, 0.3) is 0 Å². The number of carbonyl (C=O) groups excluding carboxylic acids is 1. The fourth-order valence-electron chi connectivity index (χ4n) is 3.51. The van der Waals surface area contributed by atoms with Gasteiger partial charge in [-0.1, -0.05) is 43.0 Å². The lowest BCUT2D eigenvalue weighted by Gasteiger charge is -2.21. The molecular weight excluding hydrogens is 416 g/mol. The number of nitrogens with one attached hydrogen (secondary N) is 1. The Hall–Kier alpha value is -2.45. The van der Waals surface area contributed by atoms with Gasteiger partial charge in [0, 0.05) is 17.8 Å². The van der Waals surface area contributed by atoms with Gasteiger partial charge < -0.3 is 5.32 Å². The largest absolute Gasteiger partial charge is 0.322 e. The number of sulfone groups is 1. The number of benzene rings is 2. The lowest BCUT2D eigenvalue weighted by atomic mass is 10.0. The summed E-state index contributed by atoms with van der Waals surface area (Å²) >= 11 is 5.99. The highest BCUT2D eigenvalue weighted by molar-refractivity contribution is 7.91. The second kappa shape index (κ2) is 8.92. The predicted octanol–water partition coefficient (Wildman–Crippen LogP) is 4.75. The van der Waals surface area contributed by atoms with Crippen LogP contribution >= 0.6 is 11.6 Å². The lowest BCUT2D eigenvalue weighted by molar-refractivity contribution is -0.384. The zero-order chi connectivity index (χ0) is 21.0. The van der Waals surface area contributed by atoms with Gasteiger partial charge in [-0.2, -0.15) is 0 Å². The summed E-state index contributed by atoms with van der Waals surface area (Å²) in [5, 5.41) is 13.1. The molecule has 154 valence electrons. The third-order valence-electron chi connectivity index (χ3n) is 5.02. The van der Waals surface area contributed by atoms with E-state index in [0.29, 0.717) is 24.1 Å². The van der Waals surface area contributed by atoms with Crippen LogP contribution in [-0.2, 0) is 15.6 Å². The molecule has 2 aromatic carbocycles. The van der Waals surface area contributed by atoms with Crippen LogP contribution in [0.15, 0.2) is 42.5 Å². The number of rotatable bonds is 6. The molecule has 0 unspecified atom stereocenters. The molecule has 0 saturated heterocycles. The Morgan fingerprint density at radius 1 is 1.14 bits per heavy atom. The fraction of sp³-hybridized carbons (Fsp3) is 0.350. The molecule has 7 nitrogen and oxygen atoms in total. The van der Waals surface area contributed by atoms with Crippen molar-refractivity contribution in [1.29, 1.82) is 0 Å². The molecule has 0 radical (unpaired) electrons. The van der Waals surface area contributed by atoms with Crippen LogP contribution in [0.1, 0.15) is 48.0 Å². The summed E-state index contributed by atoms with van der Waals surface area (Å²) in [5.74, 6) is -0.600. The summed E-state index contributed by atoms with van der Waals surface area (Å²) < 4.78 is 25.4. The lowest BCUT2D eigenvalue weighted by Crippen LogP contribution is -2.25. The zero-order valence-corrected chi connectivity index (χ0v) is 17.2. The first-order valence-corrected chi connectivity index (χ1v) is 11.4. The molecule has 29 heavy (non-hydrogen) atoms. The molecular formula is C20H21ClN2O5S. The van der Waals surface area contributed by atoms with E-state index >= 15 is 0 Å². The Balaban J connectivity index is 1.73. The Labute approximate surface area is 174 Å². The first kappa shape index (κ1) is 21.3. The normalized spacial score (nSPS) is 15.1. The quantitative estimate of drug-likeness (QED) is 0.519. The van der Waals surface area contributed by atoms with Gasteiger partial charge in [-0.25, -0.2) is 8.42 Å². The summed E-state index contributed by atoms with van der Waals surface area (Å²) in [6.45, 7) is 0. The van der Waals surface area contributed by atoms with Gasteiger partial charge >= 0.3 is 0 Å². The van der Waals surface area contributed by atoms with Crippen molar-refractivity contribution in [3.8, 4) is 0 Å². The second-order valence-electron chi connectivity index (χ2n) is 7.14. The molecule has 1 aliphatic carbocycles. The first-order valence-electron chi connectivity index (χ1n) is 9.32. The van der Waals surface area contributed by atoms with Crippen molar-refractivity contribution in [1.82, 2.24) is 0 Å². The van der Waals surface area contributed by atoms with Crippen molar-refractivity contribution in [2.24, 2.45) is 0 Å². The molecule has 0 aromatic heterocycles. The molecule has 1 fully saturated rings. The summed E-state index contributed by atoms with van der Waals surface area (Å²) in [6.07, 6.45) is 4.37. The Bertz CT molecular complexity index is 1030. The number of hydrogen-bond acceptors (Lipinski definition) is 5. The standard InChI is InChI=1S/C20H21ClN2O5S/c21-19-12-16(23(25)26)9-10-18(19)20(24)22-15-6-4-5-14(11-15)13-29(27,28)17-7-2-1-3-8-17/h4-6,9-12,17H,1-3,7-8,13H2,(H,22,24). The van der Waals surface area contributed by atoms with Crippen molar-refractivity contribution >= 4 is 38.7 Å². The second-order valence-corrected chi connectivity index (χ2v) is 9.83. The van der Waals surface area contributed by atoms with Gasteiger partial charge in [-0.15, -0.1) is 0 Å². The van der Waals surface area contributed by atoms with Crippen molar-refractivity contribution in [3.05, 3.63) is 68.7 Å². The van der Waals surface area contributed by atoms with Crippen LogP contribution in [0.5, 0.6) is 0 Å². The van der Waals surface area contributed by atoms with Crippen LogP contribution in [0, 0.1) is 10.1 Å². The molecule has 0 heterocycles. The summed E-state index contributed by atoms with van der Waals surface area (Å²) in [5.41, 5.74) is 0.919. The zero-order valence-electron chi connectivity index (χ0n) is 15.6. The van der Waals surface area contributed by atoms with Crippen LogP contribution in [0.3, 0.4) is 0 Å². The van der Waals surface area contributed by atoms with Crippen molar-refractivity contribution in [2.75, 3.05) is 5.32 Å². The van der Waals surface area contributed by atoms with E-state index in [9.17, 15) is 23.3 Å². The van der Waals surface area contributed by atoms with Gasteiger partial charge in [0.1, 0.15) is 0 Å². The van der Waals surface area contributed by atoms with Gasteiger partial charge in [-0.05, 0) is 36.6 Å². The van der Waals surface area contributed by atoms with E-state index in [2.05, 4.69) is 5.32 Å². The molecule has 0 aliphatic heterocycles. The van der Waals surface area contributed by atoms with Crippen molar-refractivity contribution < 1.29 is 18.1 Å². The number of nitrogens with zero attached hydrogens (tertiary/aromatic N) is 1. The highest BCUT2D eigenvalue weighted by Crippen LogP contribution is 2.27. The average Bonchev–Trinajstić information content (AvgIpc) is 2.68. The number of anilines is 1. The van der Waals surface area contributed by atoms with E-state index in [0.717, 1.165) is 25.3 Å². The maximum Gasteiger partial charge on any atom is 0.270 e. The maximum absolute atomic E-state index is 12.7. The third kappa shape index (κ3) is 5.33. The number of hydrogen-bond donors (Lipinski definition) is 1. The highest BCUT2D eigenvalue weighted by Gasteiger charge is 2.27. The fourth-order valence-corrected chi connectivity index (χ4v) is 5.71. The first-order chi connectivity index (χ1) is 13.8. The summed E-state index contributed by atoms with van der Waals surface area (Å²) in [4.78, 5) is 22.7. The Morgan fingerprint density at radius 3 is 2.52 bits per heavy atom. The molecule has 2 aromatic rings. The van der Waals surface area contributed by atoms with E-state index in [1.807, 2.05) is 0 Å². The highest BCUT2D eigenvalue weighted by atomic mass is 35.5. The van der Waals surface area contributed by atoms with E-state index in [1.165, 1.54) is 12.1 Å². The number of non-ortho nitro benzene ring substituents is 1. The van der Waals surface area contributed by atoms with Gasteiger partial charge in [-0.3, -0.25) is 14.9 Å². The van der Waals surface area contributed by atoms with Crippen molar-refractivity contribution in [2.45, 2.75) is 43.1 Å². The van der Waals surface area contributed by atoms with Gasteiger partial charge in [0.15, 0.2) is 9.84 Å². The van der Waals surface area contributed by atoms with Gasteiger partial charge in [0.05, 0.1) is 26.5 Å². The molecule has 1 aliphatic rings. The van der Waals surface area contributed by atoms with E-state index in [-0.39, 0.29) is 27.3 Å². The molecule has 0 atom stereocenters. The van der Waals surface area contributed by atoms with Crippen molar-refractivity contribution in [3.63, 3.8) is 0 Å². The molecule has 9 heteroatoms. The van der Waals surface area contributed by atoms with E-state index in [4.69, 9.17) is 11.6 Å². The molecule has 0 spiro atoms. The molecule has 1 N–H and O–H groups in total. The van der Waals surface area contributed by atoms with Crippen LogP contribution < -0.4 is 5.32 Å². The van der Waals surface area contributed by atoms with Crippen LogP contribution in [0.4, 0.5) is 11.4 Å². The minimum Gasteiger partial charge on any atom is -0.322 e. The number of nitro benzene ring substituents is 1. The topological polar surface area (TPSA) is 106 Å². The maximum atomic E-state index is 12.7.